The second kappa shape index (κ2) is 5.89. The van der Waals surface area contributed by atoms with Crippen LogP contribution in [-0.4, -0.2) is 43.3 Å². The molecule has 1 heterocycles. The lowest BCUT2D eigenvalue weighted by Gasteiger charge is -2.38. The van der Waals surface area contributed by atoms with Crippen LogP contribution in [0.1, 0.15) is 44.9 Å². The minimum absolute atomic E-state index is 0.506. The highest BCUT2D eigenvalue weighted by molar-refractivity contribution is 4.98. The highest BCUT2D eigenvalue weighted by Gasteiger charge is 2.45. The summed E-state index contributed by atoms with van der Waals surface area (Å²) in [6.45, 7) is 4.15. The molecule has 2 aliphatic carbocycles. The zero-order valence-electron chi connectivity index (χ0n) is 11.5. The molecule has 2 N–H and O–H groups in total. The molecule has 0 atom stereocenters. The lowest BCUT2D eigenvalue weighted by molar-refractivity contribution is -0.00730. The molecule has 2 saturated carbocycles. The van der Waals surface area contributed by atoms with E-state index in [1.165, 1.54) is 51.6 Å². The number of nitrogens with two attached hydrogens (primary N) is 1. The zero-order valence-corrected chi connectivity index (χ0v) is 11.5. The van der Waals surface area contributed by atoms with Gasteiger partial charge in [0.2, 0.25) is 0 Å². The van der Waals surface area contributed by atoms with Crippen molar-refractivity contribution in [2.24, 2.45) is 17.6 Å². The normalized spacial score (nSPS) is 27.0. The van der Waals surface area contributed by atoms with Crippen LogP contribution in [0, 0.1) is 11.8 Å². The van der Waals surface area contributed by atoms with Crippen molar-refractivity contribution in [2.75, 3.05) is 26.2 Å². The molecule has 3 aliphatic rings. The van der Waals surface area contributed by atoms with Crippen LogP contribution in [0.3, 0.4) is 0 Å². The van der Waals surface area contributed by atoms with Gasteiger partial charge in [0, 0.05) is 25.7 Å². The van der Waals surface area contributed by atoms with Crippen molar-refractivity contribution in [3.63, 3.8) is 0 Å². The molecule has 0 radical (unpaired) electrons. The third kappa shape index (κ3) is 3.25. The molecule has 3 rings (SSSR count). The van der Waals surface area contributed by atoms with Gasteiger partial charge in [-0.2, -0.15) is 0 Å². The Kier molecular flexibility index (Phi) is 4.22. The van der Waals surface area contributed by atoms with Gasteiger partial charge in [-0.3, -0.25) is 4.90 Å². The summed E-state index contributed by atoms with van der Waals surface area (Å²) in [5.41, 5.74) is 5.50. The third-order valence-corrected chi connectivity index (χ3v) is 4.81. The molecule has 0 unspecified atom stereocenters. The van der Waals surface area contributed by atoms with Crippen molar-refractivity contribution < 1.29 is 4.74 Å². The SMILES string of the molecule is NCCCOC1CCN(C(C2CC2)C2CC2)CC1. The van der Waals surface area contributed by atoms with E-state index in [-0.39, 0.29) is 0 Å². The average Bonchev–Trinajstić information content (AvgIpc) is 3.26. The van der Waals surface area contributed by atoms with Gasteiger partial charge in [0.05, 0.1) is 6.10 Å². The van der Waals surface area contributed by atoms with E-state index in [2.05, 4.69) is 4.90 Å². The first-order valence-electron chi connectivity index (χ1n) is 7.94. The maximum absolute atomic E-state index is 5.90. The van der Waals surface area contributed by atoms with Crippen LogP contribution in [0.5, 0.6) is 0 Å². The first-order chi connectivity index (χ1) is 8.88. The molecule has 1 aliphatic heterocycles. The summed E-state index contributed by atoms with van der Waals surface area (Å²) in [4.78, 5) is 2.79. The maximum Gasteiger partial charge on any atom is 0.0599 e. The summed E-state index contributed by atoms with van der Waals surface area (Å²) in [7, 11) is 0. The van der Waals surface area contributed by atoms with Gasteiger partial charge in [-0.15, -0.1) is 0 Å². The highest BCUT2D eigenvalue weighted by atomic mass is 16.5. The topological polar surface area (TPSA) is 38.5 Å². The molecule has 3 heteroatoms. The highest BCUT2D eigenvalue weighted by Crippen LogP contribution is 2.47. The fourth-order valence-corrected chi connectivity index (χ4v) is 3.53. The first kappa shape index (κ1) is 12.9. The fourth-order valence-electron chi connectivity index (χ4n) is 3.53. The Balaban J connectivity index is 1.41. The smallest absolute Gasteiger partial charge is 0.0599 e. The van der Waals surface area contributed by atoms with Crippen LogP contribution in [-0.2, 0) is 4.74 Å². The predicted octanol–water partition coefficient (Wildman–Crippen LogP) is 2.00. The number of ether oxygens (including phenoxy) is 1. The molecule has 3 fully saturated rings. The Morgan fingerprint density at radius 3 is 2.11 bits per heavy atom. The van der Waals surface area contributed by atoms with Crippen LogP contribution in [0.4, 0.5) is 0 Å². The van der Waals surface area contributed by atoms with Gasteiger partial charge in [-0.25, -0.2) is 0 Å². The van der Waals surface area contributed by atoms with Crippen LogP contribution >= 0.6 is 0 Å². The summed E-state index contributed by atoms with van der Waals surface area (Å²) in [6, 6.07) is 0.940. The molecule has 0 aromatic carbocycles. The quantitative estimate of drug-likeness (QED) is 0.704. The van der Waals surface area contributed by atoms with E-state index < -0.39 is 0 Å². The van der Waals surface area contributed by atoms with Gasteiger partial charge >= 0.3 is 0 Å². The van der Waals surface area contributed by atoms with Crippen molar-refractivity contribution in [3.8, 4) is 0 Å². The third-order valence-electron chi connectivity index (χ3n) is 4.81. The number of piperidine rings is 1. The molecular formula is C15H28N2O. The lowest BCUT2D eigenvalue weighted by Crippen LogP contribution is -2.45. The molecule has 3 nitrogen and oxygen atoms in total. The second-order valence-corrected chi connectivity index (χ2v) is 6.41. The van der Waals surface area contributed by atoms with E-state index in [9.17, 15) is 0 Å². The number of nitrogens with zero attached hydrogens (tertiary/aromatic N) is 1. The van der Waals surface area contributed by atoms with E-state index in [1.807, 2.05) is 0 Å². The monoisotopic (exact) mass is 252 g/mol. The Morgan fingerprint density at radius 1 is 1.00 bits per heavy atom. The van der Waals surface area contributed by atoms with Crippen molar-refractivity contribution in [3.05, 3.63) is 0 Å². The fraction of sp³-hybridized carbons (Fsp3) is 1.00. The summed E-state index contributed by atoms with van der Waals surface area (Å²) >= 11 is 0. The minimum atomic E-state index is 0.506. The molecule has 1 saturated heterocycles. The molecule has 0 aromatic rings. The van der Waals surface area contributed by atoms with Gasteiger partial charge in [0.1, 0.15) is 0 Å². The van der Waals surface area contributed by atoms with Crippen LogP contribution < -0.4 is 5.73 Å². The molecule has 0 spiro atoms. The summed E-state index contributed by atoms with van der Waals surface area (Å²) in [5.74, 6) is 2.10. The molecule has 18 heavy (non-hydrogen) atoms. The molecule has 0 bridgehead atoms. The second-order valence-electron chi connectivity index (χ2n) is 6.41. The summed E-state index contributed by atoms with van der Waals surface area (Å²) < 4.78 is 5.90. The average molecular weight is 252 g/mol. The molecular weight excluding hydrogens is 224 g/mol. The van der Waals surface area contributed by atoms with Crippen LogP contribution in [0.2, 0.25) is 0 Å². The van der Waals surface area contributed by atoms with E-state index in [4.69, 9.17) is 10.5 Å². The van der Waals surface area contributed by atoms with Gasteiger partial charge < -0.3 is 10.5 Å². The van der Waals surface area contributed by atoms with Gasteiger partial charge in [0.25, 0.3) is 0 Å². The minimum Gasteiger partial charge on any atom is -0.378 e. The largest absolute Gasteiger partial charge is 0.378 e. The number of rotatable bonds is 7. The van der Waals surface area contributed by atoms with Crippen molar-refractivity contribution in [1.82, 2.24) is 4.90 Å². The Hall–Kier alpha value is -0.120. The summed E-state index contributed by atoms with van der Waals surface area (Å²) in [5, 5.41) is 0. The lowest BCUT2D eigenvalue weighted by atomic mass is 10.00. The predicted molar refractivity (Wildman–Crippen MR) is 73.5 cm³/mol. The van der Waals surface area contributed by atoms with Crippen LogP contribution in [0.25, 0.3) is 0 Å². The standard InChI is InChI=1S/C15H28N2O/c16-8-1-11-18-14-6-9-17(10-7-14)15(12-2-3-12)13-4-5-13/h12-15H,1-11,16H2. The Morgan fingerprint density at radius 2 is 1.61 bits per heavy atom. The van der Waals surface area contributed by atoms with Crippen molar-refractivity contribution in [2.45, 2.75) is 57.1 Å². The Labute approximate surface area is 111 Å². The van der Waals surface area contributed by atoms with Crippen LogP contribution in [0.15, 0.2) is 0 Å². The zero-order chi connectivity index (χ0) is 12.4. The molecule has 0 aromatic heterocycles. The maximum atomic E-state index is 5.90. The van der Waals surface area contributed by atoms with Crippen molar-refractivity contribution in [1.29, 1.82) is 0 Å². The van der Waals surface area contributed by atoms with E-state index in [1.54, 1.807) is 0 Å². The van der Waals surface area contributed by atoms with E-state index >= 15 is 0 Å². The molecule has 104 valence electrons. The number of hydrogen-bond donors (Lipinski definition) is 1. The van der Waals surface area contributed by atoms with Gasteiger partial charge in [0.15, 0.2) is 0 Å². The van der Waals surface area contributed by atoms with E-state index in [0.29, 0.717) is 6.10 Å². The van der Waals surface area contributed by atoms with Gasteiger partial charge in [-0.1, -0.05) is 0 Å². The number of likely N-dealkylation sites (tertiary alicyclic amines) is 1. The van der Waals surface area contributed by atoms with Crippen molar-refractivity contribution >= 4 is 0 Å². The first-order valence-corrected chi connectivity index (χ1v) is 7.94. The molecule has 0 amide bonds. The Bertz CT molecular complexity index is 243. The van der Waals surface area contributed by atoms with Gasteiger partial charge in [-0.05, 0) is 63.3 Å². The summed E-state index contributed by atoms with van der Waals surface area (Å²) in [6.07, 6.45) is 9.96. The van der Waals surface area contributed by atoms with E-state index in [0.717, 1.165) is 37.5 Å². The number of hydrogen-bond acceptors (Lipinski definition) is 3.